The standard InChI is InChI=1S/C14H16FNO4/c15-12(13(17)18)6-11-7-16(8-11)14(19)20-9-10-4-2-1-3-5-10/h1-5,11-12H,6-9H2,(H,17,18). The van der Waals surface area contributed by atoms with Crippen LogP contribution in [0.1, 0.15) is 12.0 Å². The lowest BCUT2D eigenvalue weighted by molar-refractivity contribution is -0.143. The second-order valence-electron chi connectivity index (χ2n) is 4.85. The quantitative estimate of drug-likeness (QED) is 0.897. The molecule has 1 aromatic carbocycles. The Hall–Kier alpha value is -2.11. The number of hydrogen-bond acceptors (Lipinski definition) is 3. The van der Waals surface area contributed by atoms with Crippen LogP contribution in [0.15, 0.2) is 30.3 Å². The molecule has 0 spiro atoms. The zero-order valence-corrected chi connectivity index (χ0v) is 10.9. The van der Waals surface area contributed by atoms with Gasteiger partial charge in [-0.2, -0.15) is 0 Å². The van der Waals surface area contributed by atoms with E-state index in [9.17, 15) is 14.0 Å². The summed E-state index contributed by atoms with van der Waals surface area (Å²) in [6.45, 7) is 0.893. The molecule has 1 saturated heterocycles. The Morgan fingerprint density at radius 3 is 2.60 bits per heavy atom. The summed E-state index contributed by atoms with van der Waals surface area (Å²) in [6.07, 6.45) is -2.36. The third kappa shape index (κ3) is 3.69. The highest BCUT2D eigenvalue weighted by molar-refractivity contribution is 5.72. The van der Waals surface area contributed by atoms with Crippen molar-refractivity contribution >= 4 is 12.1 Å². The molecule has 1 heterocycles. The Kier molecular flexibility index (Phi) is 4.55. The Morgan fingerprint density at radius 1 is 1.35 bits per heavy atom. The van der Waals surface area contributed by atoms with Crippen molar-refractivity contribution in [3.63, 3.8) is 0 Å². The maximum atomic E-state index is 13.0. The first-order chi connectivity index (χ1) is 9.56. The highest BCUT2D eigenvalue weighted by atomic mass is 19.1. The van der Waals surface area contributed by atoms with Crippen LogP contribution in [0.3, 0.4) is 0 Å². The normalized spacial score (nSPS) is 16.4. The van der Waals surface area contributed by atoms with Crippen LogP contribution in [0.4, 0.5) is 9.18 Å². The van der Waals surface area contributed by atoms with Gasteiger partial charge in [0.25, 0.3) is 0 Å². The van der Waals surface area contributed by atoms with Crippen LogP contribution >= 0.6 is 0 Å². The van der Waals surface area contributed by atoms with Gasteiger partial charge in [0.1, 0.15) is 6.61 Å². The van der Waals surface area contributed by atoms with Gasteiger partial charge in [0, 0.05) is 13.1 Å². The van der Waals surface area contributed by atoms with E-state index < -0.39 is 18.2 Å². The Balaban J connectivity index is 1.68. The fourth-order valence-electron chi connectivity index (χ4n) is 2.07. The van der Waals surface area contributed by atoms with Crippen molar-refractivity contribution in [1.29, 1.82) is 0 Å². The number of likely N-dealkylation sites (tertiary alicyclic amines) is 1. The van der Waals surface area contributed by atoms with Crippen molar-refractivity contribution in [3.05, 3.63) is 35.9 Å². The minimum atomic E-state index is -1.86. The van der Waals surface area contributed by atoms with E-state index in [4.69, 9.17) is 9.84 Å². The third-order valence-corrected chi connectivity index (χ3v) is 3.23. The molecule has 0 radical (unpaired) electrons. The average Bonchev–Trinajstić information content (AvgIpc) is 2.40. The summed E-state index contributed by atoms with van der Waals surface area (Å²) in [5.41, 5.74) is 0.896. The van der Waals surface area contributed by atoms with Crippen LogP contribution in [-0.2, 0) is 16.1 Å². The number of aliphatic carboxylic acids is 1. The number of carboxylic acid groups (broad SMARTS) is 1. The van der Waals surface area contributed by atoms with E-state index in [1.807, 2.05) is 30.3 Å². The first-order valence-corrected chi connectivity index (χ1v) is 6.38. The molecule has 1 atom stereocenters. The number of amides is 1. The molecule has 20 heavy (non-hydrogen) atoms. The maximum absolute atomic E-state index is 13.0. The smallest absolute Gasteiger partial charge is 0.410 e. The van der Waals surface area contributed by atoms with E-state index in [0.717, 1.165) is 5.56 Å². The van der Waals surface area contributed by atoms with Crippen LogP contribution in [0.2, 0.25) is 0 Å². The van der Waals surface area contributed by atoms with Crippen molar-refractivity contribution in [2.24, 2.45) is 5.92 Å². The molecule has 1 aliphatic heterocycles. The number of hydrogen-bond donors (Lipinski definition) is 1. The van der Waals surface area contributed by atoms with Crippen molar-refractivity contribution in [3.8, 4) is 0 Å². The lowest BCUT2D eigenvalue weighted by atomic mass is 9.94. The van der Waals surface area contributed by atoms with Gasteiger partial charge in [0.15, 0.2) is 6.17 Å². The summed E-state index contributed by atoms with van der Waals surface area (Å²) in [5, 5.41) is 8.46. The van der Waals surface area contributed by atoms with Gasteiger partial charge in [0.2, 0.25) is 0 Å². The van der Waals surface area contributed by atoms with E-state index in [0.29, 0.717) is 13.1 Å². The molecule has 1 aromatic rings. The summed E-state index contributed by atoms with van der Waals surface area (Å²) in [5.74, 6) is -1.56. The zero-order chi connectivity index (χ0) is 14.5. The van der Waals surface area contributed by atoms with Gasteiger partial charge in [0.05, 0.1) is 0 Å². The van der Waals surface area contributed by atoms with Gasteiger partial charge >= 0.3 is 12.1 Å². The number of alkyl halides is 1. The van der Waals surface area contributed by atoms with Crippen LogP contribution in [0.25, 0.3) is 0 Å². The number of ether oxygens (including phenoxy) is 1. The molecule has 0 aromatic heterocycles. The second-order valence-corrected chi connectivity index (χ2v) is 4.85. The number of carbonyl (C=O) groups excluding carboxylic acids is 1. The average molecular weight is 281 g/mol. The molecular weight excluding hydrogens is 265 g/mol. The largest absolute Gasteiger partial charge is 0.479 e. The molecule has 0 aliphatic carbocycles. The fraction of sp³-hybridized carbons (Fsp3) is 0.429. The molecule has 1 aliphatic rings. The molecule has 0 saturated carbocycles. The topological polar surface area (TPSA) is 66.8 Å². The molecule has 6 heteroatoms. The Morgan fingerprint density at radius 2 is 2.00 bits per heavy atom. The summed E-state index contributed by atoms with van der Waals surface area (Å²) in [4.78, 5) is 23.5. The number of benzene rings is 1. The van der Waals surface area contributed by atoms with E-state index in [2.05, 4.69) is 0 Å². The van der Waals surface area contributed by atoms with E-state index in [1.54, 1.807) is 0 Å². The third-order valence-electron chi connectivity index (χ3n) is 3.23. The van der Waals surface area contributed by atoms with E-state index in [-0.39, 0.29) is 18.9 Å². The zero-order valence-electron chi connectivity index (χ0n) is 10.9. The SMILES string of the molecule is O=C(O)C(F)CC1CN(C(=O)OCc2ccccc2)C1. The first kappa shape index (κ1) is 14.3. The number of carbonyl (C=O) groups is 2. The highest BCUT2D eigenvalue weighted by Crippen LogP contribution is 2.23. The molecule has 1 fully saturated rings. The number of nitrogens with zero attached hydrogens (tertiary/aromatic N) is 1. The van der Waals surface area contributed by atoms with Crippen molar-refractivity contribution in [2.75, 3.05) is 13.1 Å². The van der Waals surface area contributed by atoms with Gasteiger partial charge in [-0.3, -0.25) is 0 Å². The molecule has 1 unspecified atom stereocenters. The molecule has 1 N–H and O–H groups in total. The summed E-state index contributed by atoms with van der Waals surface area (Å²) >= 11 is 0. The number of carboxylic acids is 1. The lowest BCUT2D eigenvalue weighted by Crippen LogP contribution is -2.51. The van der Waals surface area contributed by atoms with Crippen LogP contribution < -0.4 is 0 Å². The predicted molar refractivity (Wildman–Crippen MR) is 68.8 cm³/mol. The minimum Gasteiger partial charge on any atom is -0.479 e. The molecular formula is C14H16FNO4. The summed E-state index contributed by atoms with van der Waals surface area (Å²) < 4.78 is 18.1. The summed E-state index contributed by atoms with van der Waals surface area (Å²) in [7, 11) is 0. The maximum Gasteiger partial charge on any atom is 0.410 e. The van der Waals surface area contributed by atoms with E-state index in [1.165, 1.54) is 4.90 Å². The molecule has 2 rings (SSSR count). The fourth-order valence-corrected chi connectivity index (χ4v) is 2.07. The monoisotopic (exact) mass is 281 g/mol. The minimum absolute atomic E-state index is 0.0577. The van der Waals surface area contributed by atoms with E-state index >= 15 is 0 Å². The van der Waals surface area contributed by atoms with Crippen molar-refractivity contribution in [1.82, 2.24) is 4.90 Å². The lowest BCUT2D eigenvalue weighted by Gasteiger charge is -2.38. The molecule has 108 valence electrons. The summed E-state index contributed by atoms with van der Waals surface area (Å²) in [6, 6.07) is 9.30. The Labute approximate surface area is 116 Å². The van der Waals surface area contributed by atoms with Gasteiger partial charge < -0.3 is 14.7 Å². The second kappa shape index (κ2) is 6.36. The Bertz CT molecular complexity index is 473. The predicted octanol–water partition coefficient (Wildman–Crippen LogP) is 2.07. The van der Waals surface area contributed by atoms with Crippen LogP contribution in [0, 0.1) is 5.92 Å². The number of halogens is 1. The van der Waals surface area contributed by atoms with Gasteiger partial charge in [-0.1, -0.05) is 30.3 Å². The molecule has 5 nitrogen and oxygen atoms in total. The molecule has 1 amide bonds. The number of rotatable bonds is 5. The van der Waals surface area contributed by atoms with Crippen LogP contribution in [-0.4, -0.2) is 41.3 Å². The van der Waals surface area contributed by atoms with Crippen molar-refractivity contribution in [2.45, 2.75) is 19.2 Å². The van der Waals surface area contributed by atoms with Gasteiger partial charge in [-0.05, 0) is 17.9 Å². The molecule has 0 bridgehead atoms. The highest BCUT2D eigenvalue weighted by Gasteiger charge is 2.34. The van der Waals surface area contributed by atoms with Crippen molar-refractivity contribution < 1.29 is 23.8 Å². The van der Waals surface area contributed by atoms with Crippen LogP contribution in [0.5, 0.6) is 0 Å². The van der Waals surface area contributed by atoms with Gasteiger partial charge in [-0.15, -0.1) is 0 Å². The van der Waals surface area contributed by atoms with Gasteiger partial charge in [-0.25, -0.2) is 14.0 Å². The first-order valence-electron chi connectivity index (χ1n) is 6.38.